The number of furan rings is 1. The Balaban J connectivity index is 2.28. The van der Waals surface area contributed by atoms with Crippen LogP contribution in [0.3, 0.4) is 0 Å². The van der Waals surface area contributed by atoms with Crippen LogP contribution in [0.15, 0.2) is 34.7 Å². The van der Waals surface area contributed by atoms with Crippen molar-refractivity contribution in [2.24, 2.45) is 13.0 Å². The van der Waals surface area contributed by atoms with Gasteiger partial charge in [-0.05, 0) is 49.6 Å². The molecule has 0 spiro atoms. The van der Waals surface area contributed by atoms with Crippen LogP contribution in [0.2, 0.25) is 0 Å². The molecule has 0 saturated heterocycles. The van der Waals surface area contributed by atoms with E-state index in [4.69, 9.17) is 22.0 Å². The number of aromatic nitrogens is 1. The van der Waals surface area contributed by atoms with Gasteiger partial charge in [0, 0.05) is 40.3 Å². The number of hydrogen-bond acceptors (Lipinski definition) is 1. The molecule has 0 fully saturated rings. The molecule has 0 radical (unpaired) electrons. The van der Waals surface area contributed by atoms with Gasteiger partial charge in [-0.2, -0.15) is 4.57 Å². The molecule has 4 aromatic rings. The van der Waals surface area contributed by atoms with Crippen LogP contribution in [-0.2, 0) is 13.4 Å². The molecule has 2 aromatic heterocycles. The van der Waals surface area contributed by atoms with E-state index in [1.165, 1.54) is 12.1 Å². The second kappa shape index (κ2) is 7.29. The van der Waals surface area contributed by atoms with Gasteiger partial charge >= 0.3 is 0 Å². The fourth-order valence-electron chi connectivity index (χ4n) is 3.82. The van der Waals surface area contributed by atoms with Gasteiger partial charge in [0.2, 0.25) is 11.4 Å². The molecule has 0 unspecified atom stereocenters. The smallest absolute Gasteiger partial charge is 0.229 e. The molecule has 30 heavy (non-hydrogen) atoms. The summed E-state index contributed by atoms with van der Waals surface area (Å²) in [5, 5.41) is 0.718. The predicted molar refractivity (Wildman–Crippen MR) is 124 cm³/mol. The number of fused-ring (bicyclic) bond motifs is 3. The molecule has 0 bridgehead atoms. The molecule has 4 rings (SSSR count). The highest BCUT2D eigenvalue weighted by Crippen LogP contribution is 2.41. The lowest BCUT2D eigenvalue weighted by molar-refractivity contribution is -0.667. The first kappa shape index (κ1) is 11.9. The molecule has 2 heterocycles. The summed E-state index contributed by atoms with van der Waals surface area (Å²) in [7, 11) is 1.62. The van der Waals surface area contributed by atoms with Crippen molar-refractivity contribution in [3.63, 3.8) is 0 Å². The molecular weight excluding hydrogens is 368 g/mol. The Morgan fingerprint density at radius 2 is 1.93 bits per heavy atom. The number of pyridine rings is 1. The average molecular weight is 407 g/mol. The Hall–Kier alpha value is -3.12. The largest absolute Gasteiger partial charge is 0.466 e. The minimum atomic E-state index is -2.67. The quantitative estimate of drug-likeness (QED) is 0.263. The van der Waals surface area contributed by atoms with Gasteiger partial charge in [-0.1, -0.05) is 38.1 Å². The third-order valence-corrected chi connectivity index (χ3v) is 5.46. The fraction of sp³-hybridized carbons (Fsp3) is 0.333. The van der Waals surface area contributed by atoms with E-state index in [1.54, 1.807) is 51.4 Å². The van der Waals surface area contributed by atoms with Crippen molar-refractivity contribution >= 4 is 27.6 Å². The van der Waals surface area contributed by atoms with Crippen LogP contribution < -0.4 is 4.57 Å². The lowest BCUT2D eigenvalue weighted by Gasteiger charge is -2.14. The second-order valence-electron chi connectivity index (χ2n) is 7.85. The lowest BCUT2D eigenvalue weighted by atomic mass is 9.93. The Labute approximate surface area is 191 Å². The summed E-state index contributed by atoms with van der Waals surface area (Å²) in [5.74, 6) is -0.631. The predicted octanol–water partition coefficient (Wildman–Crippen LogP) is 7.06. The highest BCUT2D eigenvalue weighted by Gasteiger charge is 2.25. The third-order valence-electron chi connectivity index (χ3n) is 5.46. The maximum Gasteiger partial charge on any atom is 0.229 e. The summed E-state index contributed by atoms with van der Waals surface area (Å²) >= 11 is 0. The molecule has 0 amide bonds. The van der Waals surface area contributed by atoms with Crippen molar-refractivity contribution in [1.29, 1.82) is 0 Å². The third kappa shape index (κ3) is 2.99. The molecule has 2 aromatic carbocycles. The molecule has 152 valence electrons. The molecule has 0 aliphatic heterocycles. The van der Waals surface area contributed by atoms with E-state index in [2.05, 4.69) is 4.85 Å². The summed E-state index contributed by atoms with van der Waals surface area (Å²) < 4.78 is 83.4. The van der Waals surface area contributed by atoms with Gasteiger partial charge in [0.15, 0.2) is 5.69 Å². The SMILES string of the molecule is [2H]c1c(C([2H])([2H])C(C)C)c(C([2H])([2H])[2H])c(C)[n+](C)c1-c1c(C)ccc2c1oc1c([N+]#[C-])ccc(C([2H])([2H])[2H])c12. The molecule has 0 saturated carbocycles. The number of benzene rings is 2. The zero-order valence-corrected chi connectivity index (χ0v) is 17.7. The first-order chi connectivity index (χ1) is 17.9. The van der Waals surface area contributed by atoms with Crippen molar-refractivity contribution in [1.82, 2.24) is 0 Å². The maximum atomic E-state index is 9.23. The zero-order valence-electron chi connectivity index (χ0n) is 26.7. The van der Waals surface area contributed by atoms with Crippen LogP contribution in [0.4, 0.5) is 5.69 Å². The topological polar surface area (TPSA) is 21.4 Å². The summed E-state index contributed by atoms with van der Waals surface area (Å²) in [6.45, 7) is 9.08. The van der Waals surface area contributed by atoms with E-state index in [1.807, 2.05) is 0 Å². The normalized spacial score (nSPS) is 17.3. The van der Waals surface area contributed by atoms with E-state index < -0.39 is 26.0 Å². The van der Waals surface area contributed by atoms with Gasteiger partial charge in [-0.15, -0.1) is 0 Å². The zero-order chi connectivity index (χ0) is 29.4. The average Bonchev–Trinajstić information content (AvgIpc) is 3.19. The molecule has 0 atom stereocenters. The summed E-state index contributed by atoms with van der Waals surface area (Å²) in [6.07, 6.45) is -2.14. The van der Waals surface area contributed by atoms with Crippen LogP contribution in [0.5, 0.6) is 0 Å². The highest BCUT2D eigenvalue weighted by molar-refractivity contribution is 6.14. The Morgan fingerprint density at radius 1 is 1.17 bits per heavy atom. The lowest BCUT2D eigenvalue weighted by Crippen LogP contribution is -2.36. The first-order valence-electron chi connectivity index (χ1n) is 14.3. The second-order valence-corrected chi connectivity index (χ2v) is 7.85. The van der Waals surface area contributed by atoms with Crippen molar-refractivity contribution in [3.8, 4) is 11.3 Å². The Kier molecular flexibility index (Phi) is 2.89. The van der Waals surface area contributed by atoms with Gasteiger partial charge in [0.1, 0.15) is 18.2 Å². The number of hydrogen-bond donors (Lipinski definition) is 0. The fourth-order valence-corrected chi connectivity index (χ4v) is 3.82. The summed E-state index contributed by atoms with van der Waals surface area (Å²) in [5.41, 5.74) is 1.69. The van der Waals surface area contributed by atoms with Gasteiger partial charge in [-0.3, -0.25) is 0 Å². The maximum absolute atomic E-state index is 9.23. The standard InChI is InChI=1S/C27H29N2O/c1-15(2)13-20-14-23(29(8)19(6)18(20)5)25-17(4)9-11-21-24-16(3)10-12-22(28-7)27(24)30-26(21)25/h9-12,14-15H,13H2,1-6,8H3/q+1/i3D3,5D3,13D2,14D. The van der Waals surface area contributed by atoms with E-state index in [9.17, 15) is 1.37 Å². The number of aryl methyl sites for hydroxylation is 2. The molecule has 3 nitrogen and oxygen atoms in total. The summed E-state index contributed by atoms with van der Waals surface area (Å²) in [4.78, 5) is 3.51. The minimum Gasteiger partial charge on any atom is -0.466 e. The van der Waals surface area contributed by atoms with Gasteiger partial charge in [-0.25, -0.2) is 4.85 Å². The summed E-state index contributed by atoms with van der Waals surface area (Å²) in [6, 6.07) is 5.99. The van der Waals surface area contributed by atoms with E-state index in [0.29, 0.717) is 16.5 Å². The van der Waals surface area contributed by atoms with Crippen LogP contribution in [0, 0.1) is 40.0 Å². The van der Waals surface area contributed by atoms with E-state index >= 15 is 0 Å². The van der Waals surface area contributed by atoms with Gasteiger partial charge in [0.25, 0.3) is 0 Å². The number of nitrogens with zero attached hydrogens (tertiary/aromatic N) is 2. The van der Waals surface area contributed by atoms with Crippen molar-refractivity contribution in [2.75, 3.05) is 0 Å². The van der Waals surface area contributed by atoms with Gasteiger partial charge in [0.05, 0.1) is 13.5 Å². The molecular formula is C27H29N2O+. The first-order valence-corrected chi connectivity index (χ1v) is 9.76. The van der Waals surface area contributed by atoms with Crippen molar-refractivity contribution in [2.45, 2.75) is 47.8 Å². The monoisotopic (exact) mass is 406 g/mol. The van der Waals surface area contributed by atoms with Crippen molar-refractivity contribution < 1.29 is 21.3 Å². The molecule has 3 heteroatoms. The Morgan fingerprint density at radius 3 is 2.60 bits per heavy atom. The highest BCUT2D eigenvalue weighted by atomic mass is 16.3. The Bertz CT molecular complexity index is 1690. The van der Waals surface area contributed by atoms with E-state index in [-0.39, 0.29) is 56.4 Å². The molecule has 0 aliphatic rings. The minimum absolute atomic E-state index is 0.0275. The molecule has 0 aliphatic carbocycles. The number of rotatable bonds is 3. The van der Waals surface area contributed by atoms with Gasteiger partial charge < -0.3 is 4.42 Å². The van der Waals surface area contributed by atoms with E-state index in [0.717, 1.165) is 0 Å². The van der Waals surface area contributed by atoms with Crippen LogP contribution in [0.1, 0.15) is 54.1 Å². The molecule has 0 N–H and O–H groups in total. The van der Waals surface area contributed by atoms with Crippen molar-refractivity contribution in [3.05, 3.63) is 69.7 Å². The van der Waals surface area contributed by atoms with Crippen LogP contribution >= 0.6 is 0 Å². The van der Waals surface area contributed by atoms with Crippen LogP contribution in [0.25, 0.3) is 38.0 Å². The van der Waals surface area contributed by atoms with Crippen LogP contribution in [-0.4, -0.2) is 0 Å².